The van der Waals surface area contributed by atoms with Crippen molar-refractivity contribution in [3.05, 3.63) is 35.6 Å². The van der Waals surface area contributed by atoms with Crippen LogP contribution >= 0.6 is 0 Å². The Morgan fingerprint density at radius 1 is 0.523 bits per heavy atom. The van der Waals surface area contributed by atoms with Gasteiger partial charge in [0.05, 0.1) is 115 Å². The lowest BCUT2D eigenvalue weighted by Crippen LogP contribution is -2.24. The van der Waals surface area contributed by atoms with Crippen LogP contribution in [0.5, 0.6) is 0 Å². The quantitative estimate of drug-likeness (QED) is 0.217. The minimum Gasteiger partial charge on any atom is -0.298 e. The molecule has 6 fully saturated rings. The standard InChI is InChI=1S/2C5H10O3S.C5H8O3S.C5H10O2S.C5H8O2S.C4H8O3S.C4H8O2S.C4H6O2S/c1-5-2-3-8-9(6,7)4-5;2*1-2-5-3-8-9(6,7)4-5;2*1-8(6)5-3-2-4-7-8;1-4-2-7-8(5,6)3-4;2*1-7(5)4-2-3-6-7/h2*5H,2-4H2,1H3;2,5H,1,3-4H2;1-5H2;3,5H,1-2,4H2;4H,2-3H2,1H3;1-4H2;2,4H,1,3H2. The molecule has 0 amide bonds. The fourth-order valence-corrected chi connectivity index (χ4v) is 14.4. The molecule has 8 rings (SSSR count). The molecule has 8 heterocycles. The summed E-state index contributed by atoms with van der Waals surface area (Å²) in [7, 11) is -21.1. The van der Waals surface area contributed by atoms with Crippen LogP contribution in [0.15, 0.2) is 35.6 Å². The Kier molecular flexibility index (Phi) is 27.0. The van der Waals surface area contributed by atoms with Gasteiger partial charge in [0, 0.05) is 28.2 Å². The third kappa shape index (κ3) is 31.5. The molecule has 8 aliphatic heterocycles. The first-order valence-electron chi connectivity index (χ1n) is 20.3. The van der Waals surface area contributed by atoms with E-state index in [0.29, 0.717) is 57.8 Å². The van der Waals surface area contributed by atoms with Crippen molar-refractivity contribution in [1.82, 2.24) is 0 Å². The maximum Gasteiger partial charge on any atom is 0.268 e. The van der Waals surface area contributed by atoms with Gasteiger partial charge in [-0.05, 0) is 85.8 Å². The van der Waals surface area contributed by atoms with E-state index in [1.807, 2.05) is 26.8 Å². The minimum atomic E-state index is -3.18. The van der Waals surface area contributed by atoms with Gasteiger partial charge in [0.1, 0.15) is 0 Å². The number of hydrogen-bond donors (Lipinski definition) is 0. The van der Waals surface area contributed by atoms with Crippen LogP contribution in [0.4, 0.5) is 0 Å². The molecule has 0 bridgehead atoms. The third-order valence-electron chi connectivity index (χ3n) is 8.68. The van der Waals surface area contributed by atoms with Crippen LogP contribution in [0, 0.1) is 23.7 Å². The molecule has 0 aromatic heterocycles. The summed E-state index contributed by atoms with van der Waals surface area (Å²) >= 11 is 0. The maximum atomic E-state index is 10.9. The fraction of sp³-hybridized carbons (Fsp3) is 0.730. The molecule has 8 atom stereocenters. The second-order valence-corrected chi connectivity index (χ2v) is 30.1. The second kappa shape index (κ2) is 28.4. The zero-order valence-electron chi connectivity index (χ0n) is 37.3. The molecular formula is C37H68O20S8. The molecule has 65 heavy (non-hydrogen) atoms. The van der Waals surface area contributed by atoms with Gasteiger partial charge in [0.15, 0.2) is 0 Å². The highest BCUT2D eigenvalue weighted by Gasteiger charge is 2.28. The van der Waals surface area contributed by atoms with Crippen molar-refractivity contribution in [3.63, 3.8) is 0 Å². The monoisotopic (exact) mass is 1090 g/mol. The van der Waals surface area contributed by atoms with Gasteiger partial charge in [-0.25, -0.2) is 16.8 Å². The summed E-state index contributed by atoms with van der Waals surface area (Å²) in [5, 5.41) is 3.02. The zero-order valence-corrected chi connectivity index (χ0v) is 43.8. The average Bonchev–Trinajstić information content (AvgIpc) is 4.02. The van der Waals surface area contributed by atoms with Gasteiger partial charge in [0.2, 0.25) is 0 Å². The van der Waals surface area contributed by atoms with Crippen molar-refractivity contribution in [2.75, 3.05) is 87.4 Å². The molecule has 0 aromatic carbocycles. The Hall–Kier alpha value is -1.22. The third-order valence-corrected chi connectivity index (χ3v) is 19.7. The summed E-state index contributed by atoms with van der Waals surface area (Å²) in [5.41, 5.74) is 0. The van der Waals surface area contributed by atoms with Crippen molar-refractivity contribution >= 4 is 103 Å². The molecule has 0 N–H and O–H groups in total. The summed E-state index contributed by atoms with van der Waals surface area (Å²) in [6.45, 7) is 12.8. The largest absolute Gasteiger partial charge is 0.298 e. The SMILES string of the molecule is C=CC1COS(=O)(=O)C1.C=S1(=O)C=CCCO1.C=S1(=O)C=CCO1.C=S1(=O)CCCCO1.C=S1(=O)CCCO1.CC1CCOS(=O)(=O)C1.CC1COS(=O)(=O)C1.CCC1COS(=O)(=O)C1. The van der Waals surface area contributed by atoms with Crippen LogP contribution < -0.4 is 0 Å². The lowest BCUT2D eigenvalue weighted by Gasteiger charge is -2.16. The normalized spacial score (nSPS) is 36.3. The molecule has 0 aromatic rings. The van der Waals surface area contributed by atoms with Crippen molar-refractivity contribution in [2.24, 2.45) is 23.7 Å². The first kappa shape index (κ1) is 61.8. The predicted molar refractivity (Wildman–Crippen MR) is 261 cm³/mol. The average molecular weight is 1090 g/mol. The van der Waals surface area contributed by atoms with Gasteiger partial charge in [-0.15, -0.1) is 6.58 Å². The molecule has 20 nitrogen and oxygen atoms in total. The van der Waals surface area contributed by atoms with E-state index in [1.54, 1.807) is 12.2 Å². The van der Waals surface area contributed by atoms with E-state index >= 15 is 0 Å². The summed E-state index contributed by atoms with van der Waals surface area (Å²) < 4.78 is 164. The molecule has 0 radical (unpaired) electrons. The summed E-state index contributed by atoms with van der Waals surface area (Å²) in [4.78, 5) is 0. The van der Waals surface area contributed by atoms with Crippen LogP contribution in [-0.2, 0) is 113 Å². The van der Waals surface area contributed by atoms with E-state index in [-0.39, 0.29) is 53.3 Å². The number of hydrogen-bond acceptors (Lipinski definition) is 20. The maximum absolute atomic E-state index is 10.9. The molecule has 6 saturated heterocycles. The highest BCUT2D eigenvalue weighted by atomic mass is 32.2. The molecule has 0 aliphatic carbocycles. The Morgan fingerprint density at radius 2 is 1.03 bits per heavy atom. The lowest BCUT2D eigenvalue weighted by atomic mass is 10.1. The Labute approximate surface area is 390 Å². The van der Waals surface area contributed by atoms with Crippen molar-refractivity contribution in [1.29, 1.82) is 0 Å². The highest BCUT2D eigenvalue weighted by Crippen LogP contribution is 2.18. The first-order chi connectivity index (χ1) is 29.8. The predicted octanol–water partition coefficient (Wildman–Crippen LogP) is 2.06. The topological polar surface area (TPSA) is 279 Å². The Morgan fingerprint density at radius 3 is 1.23 bits per heavy atom. The molecule has 28 heteroatoms. The molecular weight excluding hydrogens is 1020 g/mol. The molecule has 8 aliphatic rings. The van der Waals surface area contributed by atoms with Crippen LogP contribution in [-0.4, -0.2) is 161 Å². The van der Waals surface area contributed by atoms with E-state index in [9.17, 15) is 50.5 Å². The molecule has 0 saturated carbocycles. The van der Waals surface area contributed by atoms with Gasteiger partial charge in [-0.1, -0.05) is 32.9 Å². The summed E-state index contributed by atoms with van der Waals surface area (Å²) in [6, 6.07) is 0. The molecule has 384 valence electrons. The van der Waals surface area contributed by atoms with Gasteiger partial charge in [-0.2, -0.15) is 33.7 Å². The molecule has 0 spiro atoms. The van der Waals surface area contributed by atoms with Crippen molar-refractivity contribution < 1.29 is 84.0 Å². The minimum absolute atomic E-state index is 0.00463. The van der Waals surface area contributed by atoms with Gasteiger partial charge in [0.25, 0.3) is 40.5 Å². The van der Waals surface area contributed by atoms with Crippen LogP contribution in [0.25, 0.3) is 0 Å². The van der Waals surface area contributed by atoms with E-state index in [4.69, 9.17) is 12.5 Å². The summed E-state index contributed by atoms with van der Waals surface area (Å²) in [6.07, 6.45) is 10.7. The van der Waals surface area contributed by atoms with Gasteiger partial charge in [-0.3, -0.25) is 33.5 Å². The van der Waals surface area contributed by atoms with Gasteiger partial charge < -0.3 is 0 Å². The van der Waals surface area contributed by atoms with Crippen LogP contribution in [0.2, 0.25) is 0 Å². The second-order valence-electron chi connectivity index (χ2n) is 15.4. The summed E-state index contributed by atoms with van der Waals surface area (Å²) in [5.74, 6) is 16.1. The van der Waals surface area contributed by atoms with E-state index in [1.165, 1.54) is 10.8 Å². The highest BCUT2D eigenvalue weighted by molar-refractivity contribution is 7.99. The lowest BCUT2D eigenvalue weighted by molar-refractivity contribution is 0.264. The first-order valence-corrected chi connectivity index (χ1v) is 33.6. The smallest absolute Gasteiger partial charge is 0.268 e. The Bertz CT molecular complexity index is 2400. The van der Waals surface area contributed by atoms with Crippen LogP contribution in [0.1, 0.15) is 59.3 Å². The van der Waals surface area contributed by atoms with Gasteiger partial charge >= 0.3 is 0 Å². The number of rotatable bonds is 2. The Balaban J connectivity index is 0.000000372. The van der Waals surface area contributed by atoms with Crippen LogP contribution in [0.3, 0.4) is 0 Å². The molecule has 8 unspecified atom stereocenters. The fourth-order valence-electron chi connectivity index (χ4n) is 5.16. The zero-order chi connectivity index (χ0) is 49.6. The van der Waals surface area contributed by atoms with Crippen molar-refractivity contribution in [3.8, 4) is 0 Å². The van der Waals surface area contributed by atoms with E-state index in [0.717, 1.165) is 38.5 Å². The van der Waals surface area contributed by atoms with E-state index in [2.05, 4.69) is 51.0 Å². The van der Waals surface area contributed by atoms with Crippen molar-refractivity contribution in [2.45, 2.75) is 59.3 Å². The van der Waals surface area contributed by atoms with E-state index < -0.39 is 79.7 Å².